The number of hydrogen-bond acceptors (Lipinski definition) is 18. The molecular weight excluding hydrogens is 1840 g/mol. The molecule has 0 spiro atoms. The lowest BCUT2D eigenvalue weighted by Crippen LogP contribution is -2.29. The normalized spacial score (nSPS) is 15.7. The lowest BCUT2D eigenvalue weighted by Gasteiger charge is -2.19. The van der Waals surface area contributed by atoms with E-state index < -0.39 is 99.7 Å². The number of halogens is 7. The van der Waals surface area contributed by atoms with Crippen LogP contribution in [0, 0.1) is 60.1 Å². The Morgan fingerprint density at radius 2 is 0.532 bits per heavy atom. The molecule has 0 amide bonds. The van der Waals surface area contributed by atoms with Crippen LogP contribution in [0.1, 0.15) is 257 Å². The molecule has 6 heterocycles. The Morgan fingerprint density at radius 3 is 0.830 bits per heavy atom. The van der Waals surface area contributed by atoms with E-state index in [2.05, 4.69) is 0 Å². The predicted octanol–water partition coefficient (Wildman–Crippen LogP) is 17.2. The second-order valence-electron chi connectivity index (χ2n) is 39.8. The van der Waals surface area contributed by atoms with Crippen LogP contribution in [0.4, 0.5) is 22.0 Å². The zero-order valence-electron chi connectivity index (χ0n) is 82.2. The average Bonchev–Trinajstić information content (AvgIpc) is 1.68. The van der Waals surface area contributed by atoms with Crippen LogP contribution in [-0.2, 0) is 106 Å². The van der Waals surface area contributed by atoms with E-state index >= 15 is 0 Å². The molecule has 6 aliphatic rings. The van der Waals surface area contributed by atoms with Gasteiger partial charge in [0.15, 0.2) is 34.7 Å². The van der Waals surface area contributed by atoms with E-state index in [9.17, 15) is 80.9 Å². The maximum absolute atomic E-state index is 13.9. The number of ketones is 6. The number of hydrogen-bond donors (Lipinski definition) is 6. The second-order valence-corrected chi connectivity index (χ2v) is 40.6. The fraction of sp³-hybridized carbons (Fsp3) is 0.291. The molecule has 0 aromatic heterocycles. The number of fused-ring (bicyclic) bond motifs is 6. The summed E-state index contributed by atoms with van der Waals surface area (Å²) in [6.07, 6.45) is -3.72. The Kier molecular flexibility index (Phi) is 32.2. The van der Waals surface area contributed by atoms with Gasteiger partial charge in [-0.15, -0.1) is 0 Å². The highest BCUT2D eigenvalue weighted by atomic mass is 35.5. The Balaban J connectivity index is 0.000000142. The molecule has 6 N–H and O–H groups in total. The zero-order chi connectivity index (χ0) is 103. The Hall–Kier alpha value is -11.2. The van der Waals surface area contributed by atoms with E-state index in [4.69, 9.17) is 51.1 Å². The number of carbonyl (C=O) groups excluding carboxylic acids is 6. The molecule has 12 aromatic carbocycles. The number of carbonyl (C=O) groups is 6. The van der Waals surface area contributed by atoms with Crippen LogP contribution in [0.15, 0.2) is 218 Å². The highest BCUT2D eigenvalue weighted by Gasteiger charge is 2.47. The number of alkyl halides is 3. The highest BCUT2D eigenvalue weighted by molar-refractivity contribution is 6.64. The van der Waals surface area contributed by atoms with Gasteiger partial charge in [0.2, 0.25) is 0 Å². The van der Waals surface area contributed by atoms with Crippen molar-refractivity contribution in [3.8, 4) is 0 Å². The molecule has 6 aliphatic heterocycles. The van der Waals surface area contributed by atoms with Crippen LogP contribution < -0.4 is 32.8 Å². The van der Waals surface area contributed by atoms with Crippen molar-refractivity contribution in [1.29, 1.82) is 0 Å². The lowest BCUT2D eigenvalue weighted by molar-refractivity contribution is -0.138. The van der Waals surface area contributed by atoms with Crippen LogP contribution in [0.25, 0.3) is 0 Å². The third-order valence-electron chi connectivity index (χ3n) is 26.3. The maximum atomic E-state index is 13.9. The molecule has 18 rings (SSSR count). The summed E-state index contributed by atoms with van der Waals surface area (Å²) in [5, 5.41) is 61.2. The van der Waals surface area contributed by atoms with Crippen molar-refractivity contribution < 1.29 is 109 Å². The van der Waals surface area contributed by atoms with Crippen molar-refractivity contribution >= 4 is 133 Å². The van der Waals surface area contributed by atoms with E-state index in [1.165, 1.54) is 35.9 Å². The van der Waals surface area contributed by atoms with Crippen molar-refractivity contribution in [2.24, 2.45) is 0 Å². The third kappa shape index (κ3) is 24.8. The molecule has 0 aliphatic carbocycles. The first-order valence-corrected chi connectivity index (χ1v) is 47.1. The summed E-state index contributed by atoms with van der Waals surface area (Å²) in [6, 6.07) is 62.5. The van der Waals surface area contributed by atoms with Gasteiger partial charge < -0.3 is 58.1 Å². The van der Waals surface area contributed by atoms with Crippen LogP contribution in [0.2, 0.25) is 10.0 Å². The molecule has 0 unspecified atom stereocenters. The van der Waals surface area contributed by atoms with Gasteiger partial charge in [0.25, 0.3) is 0 Å². The number of Topliss-reactive ketones (excluding diaryl/α,β-unsaturated/α-hetero) is 6. The van der Waals surface area contributed by atoms with Gasteiger partial charge in [-0.3, -0.25) is 28.8 Å². The quantitative estimate of drug-likeness (QED) is 0.0264. The van der Waals surface area contributed by atoms with E-state index in [0.717, 1.165) is 111 Å². The second kappa shape index (κ2) is 42.4. The smallest absolute Gasteiger partial charge is 0.423 e. The average molecular weight is 1950 g/mol. The standard InChI is InChI=1S/C19H18BF3O3.C19H21BO3.2C18H18BClO3.2C18H18BFO3/c1-11-4-6-13(15(8-11)19(21,22)23)17(24)10-12-5-7-14-16(9-12)20(25)26-18(14,2)3;1-12-5-7-15(9-13(12)2)18(21)11-14-6-8-16-17(10-14)20(22)23-19(16,3)4;1-11-4-6-13(10-16(11)20)17(21)9-12-5-7-14-15(8-12)19(22)23-18(14,2)3;1-11-4-6-13(16(20)8-11)17(21)10-12-5-7-14-15(9-12)19(22)23-18(14,2)3;1-11-4-6-13(10-16(11)20)17(21)9-12-5-7-14-15(8-12)19(22)23-18(14,2)3;1-11-4-6-13(16(20)8-11)17(21)10-12-5-7-14-15(9-12)19(22)23-18(14,2)3/h4-9,25H,10H2,1-3H3;5-10,22H,11H2,1-4H3;4-8,10,22H,9H2,1-3H3;4-9,22H,10H2,1-3H3;4-8,10,22H,9H2,1-3H3;4-9,22H,10H2,1-3H3. The van der Waals surface area contributed by atoms with Crippen LogP contribution in [-0.4, -0.2) is 108 Å². The summed E-state index contributed by atoms with van der Waals surface area (Å²) in [7, 11) is -5.89. The zero-order valence-corrected chi connectivity index (χ0v) is 83.7. The SMILES string of the molecule is Cc1ccc(C(=O)Cc2ccc3c(c2)B(O)OC3(C)C)c(C(F)(F)F)c1.Cc1ccc(C(=O)Cc2ccc3c(c2)B(O)OC3(C)C)c(Cl)c1.Cc1ccc(C(=O)Cc2ccc3c(c2)B(O)OC3(C)C)c(F)c1.Cc1ccc(C(=O)Cc2ccc3c(c2)B(O)OC3(C)C)cc1C.Cc1ccc(C(=O)Cc2ccc3c(c2)B(O)OC3(C)C)cc1Cl.Cc1ccc(C(=O)Cc2ccc3c(c2)B(O)OC3(C)C)cc1F. The van der Waals surface area contributed by atoms with Gasteiger partial charge in [-0.05, 0) is 313 Å². The van der Waals surface area contributed by atoms with Gasteiger partial charge in [-0.1, -0.05) is 199 Å². The van der Waals surface area contributed by atoms with Gasteiger partial charge in [-0.2, -0.15) is 13.2 Å². The molecule has 18 nitrogen and oxygen atoms in total. The fourth-order valence-corrected chi connectivity index (χ4v) is 18.8. The van der Waals surface area contributed by atoms with E-state index in [1.54, 1.807) is 93.6 Å². The number of benzene rings is 12. The summed E-state index contributed by atoms with van der Waals surface area (Å²) in [4.78, 5) is 74.6. The molecule has 0 radical (unpaired) electrons. The fourth-order valence-electron chi connectivity index (χ4n) is 18.3. The number of aryl methyl sites for hydroxylation is 7. The molecule has 0 saturated carbocycles. The van der Waals surface area contributed by atoms with Crippen molar-refractivity contribution in [2.75, 3.05) is 0 Å². The summed E-state index contributed by atoms with van der Waals surface area (Å²) < 4.78 is 100. The summed E-state index contributed by atoms with van der Waals surface area (Å²) in [5.74, 6) is -1.89. The molecule has 726 valence electrons. The molecule has 12 aromatic rings. The first-order chi connectivity index (χ1) is 65.9. The topological polar surface area (TPSA) is 279 Å². The highest BCUT2D eigenvalue weighted by Crippen LogP contribution is 2.39. The number of rotatable bonds is 18. The Bertz CT molecular complexity index is 6450. The van der Waals surface area contributed by atoms with Crippen molar-refractivity contribution in [3.05, 3.63) is 385 Å². The van der Waals surface area contributed by atoms with Crippen LogP contribution in [0.5, 0.6) is 0 Å². The van der Waals surface area contributed by atoms with Gasteiger partial charge in [0.1, 0.15) is 11.6 Å². The molecule has 0 atom stereocenters. The first kappa shape index (κ1) is 107. The Labute approximate surface area is 831 Å². The molecule has 141 heavy (non-hydrogen) atoms. The van der Waals surface area contributed by atoms with Crippen molar-refractivity contribution in [3.63, 3.8) is 0 Å². The van der Waals surface area contributed by atoms with E-state index in [1.807, 2.05) is 220 Å². The summed E-state index contributed by atoms with van der Waals surface area (Å²) >= 11 is 12.3. The van der Waals surface area contributed by atoms with Gasteiger partial charge in [-0.25, -0.2) is 8.78 Å². The maximum Gasteiger partial charge on any atom is 0.492 e. The lowest BCUT2D eigenvalue weighted by atomic mass is 9.77. The Morgan fingerprint density at radius 1 is 0.270 bits per heavy atom. The predicted molar refractivity (Wildman–Crippen MR) is 544 cm³/mol. The van der Waals surface area contributed by atoms with Gasteiger partial charge in [0.05, 0.1) is 49.8 Å². The van der Waals surface area contributed by atoms with Crippen molar-refractivity contribution in [2.45, 2.75) is 210 Å². The molecule has 0 bridgehead atoms. The van der Waals surface area contributed by atoms with Gasteiger partial charge in [0, 0.05) is 71.4 Å². The minimum absolute atomic E-state index is 0.000449. The first-order valence-electron chi connectivity index (χ1n) is 46.3. The minimum Gasteiger partial charge on any atom is -0.423 e. The van der Waals surface area contributed by atoms with E-state index in [0.29, 0.717) is 66.2 Å². The van der Waals surface area contributed by atoms with Gasteiger partial charge >= 0.3 is 48.9 Å². The largest absolute Gasteiger partial charge is 0.492 e. The monoisotopic (exact) mass is 1950 g/mol. The molecular formula is C110H111B6Cl2F5O18. The molecule has 0 saturated heterocycles. The summed E-state index contributed by atoms with van der Waals surface area (Å²) in [6.45, 7) is 35.6. The van der Waals surface area contributed by atoms with Crippen LogP contribution in [0.3, 0.4) is 0 Å². The van der Waals surface area contributed by atoms with Crippen LogP contribution >= 0.6 is 23.2 Å². The minimum atomic E-state index is -4.59. The molecule has 31 heteroatoms. The van der Waals surface area contributed by atoms with Crippen molar-refractivity contribution in [1.82, 2.24) is 0 Å². The summed E-state index contributed by atoms with van der Waals surface area (Å²) in [5.41, 5.74) is 18.0. The van der Waals surface area contributed by atoms with E-state index in [-0.39, 0.29) is 78.0 Å². The third-order valence-corrected chi connectivity index (χ3v) is 27.0. The molecule has 0 fully saturated rings.